The van der Waals surface area contributed by atoms with E-state index in [0.29, 0.717) is 28.3 Å². The van der Waals surface area contributed by atoms with Crippen molar-refractivity contribution < 1.29 is 4.39 Å². The SMILES string of the molecule is CC=Cc1ccc(Nc2ccnc(Nc3cnc(N4CCN(C)CC4)c(F)c3)n2)cc1Cl. The van der Waals surface area contributed by atoms with E-state index in [1.165, 1.54) is 6.07 Å². The molecule has 9 heteroatoms. The van der Waals surface area contributed by atoms with E-state index < -0.39 is 0 Å². The maximum absolute atomic E-state index is 14.7. The molecular weight excluding hydrogens is 429 g/mol. The number of anilines is 5. The molecule has 0 aliphatic carbocycles. The van der Waals surface area contributed by atoms with Crippen molar-refractivity contribution in [2.45, 2.75) is 6.92 Å². The minimum absolute atomic E-state index is 0.334. The lowest BCUT2D eigenvalue weighted by atomic mass is 10.2. The number of nitrogens with one attached hydrogen (secondary N) is 2. The first kappa shape index (κ1) is 22.0. The molecule has 0 atom stereocenters. The van der Waals surface area contributed by atoms with E-state index in [0.717, 1.165) is 37.4 Å². The van der Waals surface area contributed by atoms with Crippen LogP contribution in [0.1, 0.15) is 12.5 Å². The van der Waals surface area contributed by atoms with Crippen molar-refractivity contribution in [2.24, 2.45) is 0 Å². The molecule has 166 valence electrons. The molecule has 1 aliphatic rings. The summed E-state index contributed by atoms with van der Waals surface area (Å²) in [5, 5.41) is 6.87. The molecule has 1 aromatic carbocycles. The molecule has 0 spiro atoms. The molecule has 0 amide bonds. The predicted molar refractivity (Wildman–Crippen MR) is 129 cm³/mol. The number of halogens is 2. The molecule has 1 aliphatic heterocycles. The van der Waals surface area contributed by atoms with Gasteiger partial charge in [0.1, 0.15) is 5.82 Å². The highest BCUT2D eigenvalue weighted by molar-refractivity contribution is 6.32. The lowest BCUT2D eigenvalue weighted by Crippen LogP contribution is -2.45. The van der Waals surface area contributed by atoms with Crippen LogP contribution in [-0.4, -0.2) is 53.1 Å². The fraction of sp³-hybridized carbons (Fsp3) is 0.261. The highest BCUT2D eigenvalue weighted by atomic mass is 35.5. The largest absolute Gasteiger partial charge is 0.352 e. The van der Waals surface area contributed by atoms with Gasteiger partial charge in [0, 0.05) is 49.2 Å². The van der Waals surface area contributed by atoms with Gasteiger partial charge in [0.2, 0.25) is 5.95 Å². The van der Waals surface area contributed by atoms with Crippen molar-refractivity contribution in [3.63, 3.8) is 0 Å². The molecule has 1 fully saturated rings. The number of benzene rings is 1. The van der Waals surface area contributed by atoms with Crippen LogP contribution in [-0.2, 0) is 0 Å². The second-order valence-electron chi connectivity index (χ2n) is 7.57. The van der Waals surface area contributed by atoms with E-state index in [-0.39, 0.29) is 5.82 Å². The molecule has 1 saturated heterocycles. The van der Waals surface area contributed by atoms with Crippen LogP contribution in [0, 0.1) is 5.82 Å². The number of nitrogens with zero attached hydrogens (tertiary/aromatic N) is 5. The van der Waals surface area contributed by atoms with E-state index in [1.807, 2.05) is 42.2 Å². The number of piperazine rings is 1. The number of likely N-dealkylation sites (N-methyl/N-ethyl adjacent to an activating group) is 1. The Morgan fingerprint density at radius 3 is 2.56 bits per heavy atom. The summed E-state index contributed by atoms with van der Waals surface area (Å²) in [7, 11) is 2.06. The van der Waals surface area contributed by atoms with Crippen LogP contribution in [0.5, 0.6) is 0 Å². The van der Waals surface area contributed by atoms with Crippen LogP contribution in [0.4, 0.5) is 33.3 Å². The van der Waals surface area contributed by atoms with Crippen LogP contribution < -0.4 is 15.5 Å². The van der Waals surface area contributed by atoms with E-state index >= 15 is 0 Å². The maximum Gasteiger partial charge on any atom is 0.229 e. The quantitative estimate of drug-likeness (QED) is 0.548. The van der Waals surface area contributed by atoms with Crippen molar-refractivity contribution in [3.8, 4) is 0 Å². The first-order valence-corrected chi connectivity index (χ1v) is 10.8. The molecule has 3 aromatic rings. The molecule has 0 unspecified atom stereocenters. The molecule has 0 saturated carbocycles. The standard InChI is InChI=1S/C23H25ClFN7/c1-3-4-16-5-6-17(13-19(16)24)28-21-7-8-26-23(30-21)29-18-14-20(25)22(27-15-18)32-11-9-31(2)10-12-32/h3-8,13-15H,9-12H2,1-2H3,(H2,26,28,29,30). The number of rotatable bonds is 6. The highest BCUT2D eigenvalue weighted by Crippen LogP contribution is 2.25. The molecule has 2 N–H and O–H groups in total. The summed E-state index contributed by atoms with van der Waals surface area (Å²) in [6, 6.07) is 8.86. The molecule has 2 aromatic heterocycles. The van der Waals surface area contributed by atoms with Gasteiger partial charge in [-0.2, -0.15) is 4.98 Å². The van der Waals surface area contributed by atoms with Crippen LogP contribution >= 0.6 is 11.6 Å². The third-order valence-electron chi connectivity index (χ3n) is 5.16. The fourth-order valence-corrected chi connectivity index (χ4v) is 3.68. The Bertz CT molecular complexity index is 1110. The summed E-state index contributed by atoms with van der Waals surface area (Å²) in [6.07, 6.45) is 7.10. The summed E-state index contributed by atoms with van der Waals surface area (Å²) in [5.41, 5.74) is 2.23. The molecular formula is C23H25ClFN7. The molecule has 0 bridgehead atoms. The second kappa shape index (κ2) is 9.93. The Kier molecular flexibility index (Phi) is 6.82. The van der Waals surface area contributed by atoms with Crippen LogP contribution in [0.3, 0.4) is 0 Å². The smallest absolute Gasteiger partial charge is 0.229 e. The van der Waals surface area contributed by atoms with Gasteiger partial charge in [-0.25, -0.2) is 14.4 Å². The van der Waals surface area contributed by atoms with E-state index in [4.69, 9.17) is 11.6 Å². The van der Waals surface area contributed by atoms with Gasteiger partial charge in [0.25, 0.3) is 0 Å². The van der Waals surface area contributed by atoms with E-state index in [2.05, 4.69) is 37.5 Å². The zero-order chi connectivity index (χ0) is 22.5. The zero-order valence-electron chi connectivity index (χ0n) is 18.0. The molecule has 7 nitrogen and oxygen atoms in total. The van der Waals surface area contributed by atoms with Gasteiger partial charge in [-0.15, -0.1) is 0 Å². The number of hydrogen-bond acceptors (Lipinski definition) is 7. The Labute approximate surface area is 192 Å². The summed E-state index contributed by atoms with van der Waals surface area (Å²) < 4.78 is 14.7. The van der Waals surface area contributed by atoms with Crippen LogP contribution in [0.2, 0.25) is 5.02 Å². The normalized spacial score (nSPS) is 14.7. The minimum atomic E-state index is -0.371. The van der Waals surface area contributed by atoms with Gasteiger partial charge >= 0.3 is 0 Å². The Hall–Kier alpha value is -3.23. The average molecular weight is 454 g/mol. The number of allylic oxidation sites excluding steroid dienone is 1. The predicted octanol–water partition coefficient (Wildman–Crippen LogP) is 4.94. The van der Waals surface area contributed by atoms with Gasteiger partial charge in [-0.1, -0.05) is 29.8 Å². The minimum Gasteiger partial charge on any atom is -0.352 e. The van der Waals surface area contributed by atoms with Crippen LogP contribution in [0.15, 0.2) is 48.8 Å². The lowest BCUT2D eigenvalue weighted by Gasteiger charge is -2.33. The van der Waals surface area contributed by atoms with Gasteiger partial charge in [-0.05, 0) is 37.7 Å². The number of hydrogen-bond donors (Lipinski definition) is 2. The van der Waals surface area contributed by atoms with Gasteiger partial charge in [0.05, 0.1) is 11.9 Å². The third kappa shape index (κ3) is 5.33. The molecule has 3 heterocycles. The summed E-state index contributed by atoms with van der Waals surface area (Å²) >= 11 is 6.32. The van der Waals surface area contributed by atoms with E-state index in [1.54, 1.807) is 18.5 Å². The highest BCUT2D eigenvalue weighted by Gasteiger charge is 2.19. The second-order valence-corrected chi connectivity index (χ2v) is 7.98. The van der Waals surface area contributed by atoms with Crippen LogP contribution in [0.25, 0.3) is 6.08 Å². The zero-order valence-corrected chi connectivity index (χ0v) is 18.8. The maximum atomic E-state index is 14.7. The summed E-state index contributed by atoms with van der Waals surface area (Å²) in [5.74, 6) is 0.919. The number of pyridine rings is 1. The Morgan fingerprint density at radius 2 is 1.84 bits per heavy atom. The molecule has 4 rings (SSSR count). The van der Waals surface area contributed by atoms with Crippen molar-refractivity contribution in [1.29, 1.82) is 0 Å². The van der Waals surface area contributed by atoms with Crippen molar-refractivity contribution >= 4 is 46.6 Å². The molecule has 32 heavy (non-hydrogen) atoms. The van der Waals surface area contributed by atoms with Gasteiger partial charge < -0.3 is 20.4 Å². The monoisotopic (exact) mass is 453 g/mol. The van der Waals surface area contributed by atoms with Gasteiger partial charge in [0.15, 0.2) is 11.6 Å². The Balaban J connectivity index is 1.45. The van der Waals surface area contributed by atoms with Crippen molar-refractivity contribution in [3.05, 3.63) is 65.2 Å². The summed E-state index contributed by atoms with van der Waals surface area (Å²) in [6.45, 7) is 5.22. The number of aromatic nitrogens is 3. The first-order valence-electron chi connectivity index (χ1n) is 10.4. The summed E-state index contributed by atoms with van der Waals surface area (Å²) in [4.78, 5) is 17.2. The van der Waals surface area contributed by atoms with Crippen molar-refractivity contribution in [2.75, 3.05) is 48.8 Å². The fourth-order valence-electron chi connectivity index (χ4n) is 3.44. The van der Waals surface area contributed by atoms with Gasteiger partial charge in [-0.3, -0.25) is 0 Å². The lowest BCUT2D eigenvalue weighted by molar-refractivity contribution is 0.311. The molecule has 0 radical (unpaired) electrons. The topological polar surface area (TPSA) is 69.2 Å². The van der Waals surface area contributed by atoms with Crippen molar-refractivity contribution in [1.82, 2.24) is 19.9 Å². The first-order chi connectivity index (χ1) is 15.5. The third-order valence-corrected chi connectivity index (χ3v) is 5.48. The van der Waals surface area contributed by atoms with E-state index in [9.17, 15) is 4.39 Å². The average Bonchev–Trinajstić information content (AvgIpc) is 2.77. The Morgan fingerprint density at radius 1 is 1.03 bits per heavy atom.